The van der Waals surface area contributed by atoms with Crippen molar-refractivity contribution in [3.8, 4) is 10.4 Å². The van der Waals surface area contributed by atoms with Crippen molar-refractivity contribution in [2.75, 3.05) is 13.1 Å². The standard InChI is InChI=1S/C24H22N2O3S/c1-14(27)21-10-11-22(30-21)19-6-2-5-18-17(19)4-3-7-20(18)24(29)26-12-15-8-9-16(13-26)25-23(15)28/h2-7,10-11,15-16H,8-9,12-13H2,1H3,(H,25,28)/t15-,16+/m1/s1. The molecule has 3 aliphatic rings. The summed E-state index contributed by atoms with van der Waals surface area (Å²) in [7, 11) is 0. The number of piperidine rings is 1. The highest BCUT2D eigenvalue weighted by Gasteiger charge is 2.37. The molecule has 0 saturated carbocycles. The average Bonchev–Trinajstić information content (AvgIpc) is 3.08. The van der Waals surface area contributed by atoms with Crippen molar-refractivity contribution in [1.82, 2.24) is 10.2 Å². The van der Waals surface area contributed by atoms with E-state index in [1.165, 1.54) is 11.3 Å². The molecule has 152 valence electrons. The van der Waals surface area contributed by atoms with Crippen LogP contribution in [0.1, 0.15) is 39.8 Å². The van der Waals surface area contributed by atoms with Crippen LogP contribution in [0.5, 0.6) is 0 Å². The van der Waals surface area contributed by atoms with Crippen LogP contribution in [0.25, 0.3) is 21.2 Å². The molecule has 6 heteroatoms. The molecule has 0 spiro atoms. The molecule has 3 aromatic rings. The number of carbonyl (C=O) groups excluding carboxylic acids is 3. The van der Waals surface area contributed by atoms with Crippen molar-refractivity contribution in [3.05, 3.63) is 59.0 Å². The van der Waals surface area contributed by atoms with E-state index < -0.39 is 0 Å². The molecule has 6 rings (SSSR count). The zero-order chi connectivity index (χ0) is 20.8. The summed E-state index contributed by atoms with van der Waals surface area (Å²) in [6.45, 7) is 2.61. The maximum atomic E-state index is 13.5. The van der Waals surface area contributed by atoms with Crippen LogP contribution in [0.15, 0.2) is 48.5 Å². The number of Topliss-reactive ketones (excluding diaryl/α,β-unsaturated/α-hetero) is 1. The van der Waals surface area contributed by atoms with Crippen molar-refractivity contribution in [2.24, 2.45) is 5.92 Å². The number of hydrogen-bond donors (Lipinski definition) is 1. The van der Waals surface area contributed by atoms with Gasteiger partial charge in [0.25, 0.3) is 5.91 Å². The molecule has 2 atom stereocenters. The average molecular weight is 419 g/mol. The Hall–Kier alpha value is -2.99. The number of amides is 2. The lowest BCUT2D eigenvalue weighted by molar-refractivity contribution is -0.126. The summed E-state index contributed by atoms with van der Waals surface area (Å²) in [5, 5.41) is 4.92. The van der Waals surface area contributed by atoms with Gasteiger partial charge < -0.3 is 10.2 Å². The Kier molecular flexibility index (Phi) is 4.66. The molecule has 2 aromatic carbocycles. The van der Waals surface area contributed by atoms with Crippen molar-refractivity contribution in [1.29, 1.82) is 0 Å². The third kappa shape index (κ3) is 3.21. The van der Waals surface area contributed by atoms with E-state index in [2.05, 4.69) is 5.32 Å². The van der Waals surface area contributed by atoms with Gasteiger partial charge in [-0.05, 0) is 54.3 Å². The van der Waals surface area contributed by atoms with E-state index >= 15 is 0 Å². The summed E-state index contributed by atoms with van der Waals surface area (Å²) < 4.78 is 0. The highest BCUT2D eigenvalue weighted by molar-refractivity contribution is 7.17. The number of ketones is 1. The van der Waals surface area contributed by atoms with Crippen LogP contribution in [0.2, 0.25) is 0 Å². The summed E-state index contributed by atoms with van der Waals surface area (Å²) in [6.07, 6.45) is 1.77. The van der Waals surface area contributed by atoms with E-state index in [9.17, 15) is 14.4 Å². The predicted molar refractivity (Wildman–Crippen MR) is 118 cm³/mol. The van der Waals surface area contributed by atoms with Gasteiger partial charge >= 0.3 is 0 Å². The summed E-state index contributed by atoms with van der Waals surface area (Å²) >= 11 is 1.47. The van der Waals surface area contributed by atoms with E-state index in [1.807, 2.05) is 53.4 Å². The fraction of sp³-hybridized carbons (Fsp3) is 0.292. The fourth-order valence-electron chi connectivity index (χ4n) is 4.56. The normalized spacial score (nSPS) is 20.8. The molecule has 4 heterocycles. The second-order valence-corrected chi connectivity index (χ2v) is 9.20. The SMILES string of the molecule is CC(=O)c1ccc(-c2cccc3c(C(=O)N4C[C@@H]5CC[C@H](C4)C(=O)N5)cccc23)s1. The first kappa shape index (κ1) is 19.0. The monoisotopic (exact) mass is 418 g/mol. The van der Waals surface area contributed by atoms with Gasteiger partial charge in [0.05, 0.1) is 10.8 Å². The molecule has 1 aromatic heterocycles. The number of nitrogens with zero attached hydrogens (tertiary/aromatic N) is 1. The van der Waals surface area contributed by atoms with Gasteiger partial charge in [-0.15, -0.1) is 11.3 Å². The molecular formula is C24H22N2O3S. The Labute approximate surface area is 178 Å². The van der Waals surface area contributed by atoms with Gasteiger partial charge in [0.15, 0.2) is 5.78 Å². The lowest BCUT2D eigenvalue weighted by Gasteiger charge is -2.23. The largest absolute Gasteiger partial charge is 0.351 e. The molecule has 2 bridgehead atoms. The highest BCUT2D eigenvalue weighted by atomic mass is 32.1. The Bertz CT molecular complexity index is 1180. The number of thiophene rings is 1. The van der Waals surface area contributed by atoms with Gasteiger partial charge in [0.1, 0.15) is 0 Å². The van der Waals surface area contributed by atoms with Crippen molar-refractivity contribution < 1.29 is 14.4 Å². The van der Waals surface area contributed by atoms with Gasteiger partial charge in [-0.3, -0.25) is 14.4 Å². The minimum absolute atomic E-state index is 0.0262. The second kappa shape index (κ2) is 7.36. The van der Waals surface area contributed by atoms with E-state index in [0.717, 1.165) is 38.9 Å². The van der Waals surface area contributed by atoms with Crippen LogP contribution < -0.4 is 5.32 Å². The molecule has 5 nitrogen and oxygen atoms in total. The Morgan fingerprint density at radius 1 is 1.00 bits per heavy atom. The molecule has 30 heavy (non-hydrogen) atoms. The van der Waals surface area contributed by atoms with E-state index in [0.29, 0.717) is 18.7 Å². The van der Waals surface area contributed by atoms with Gasteiger partial charge in [-0.1, -0.05) is 30.3 Å². The lowest BCUT2D eigenvalue weighted by Crippen LogP contribution is -2.43. The molecule has 0 aliphatic carbocycles. The van der Waals surface area contributed by atoms with Crippen LogP contribution in [0.4, 0.5) is 0 Å². The number of benzene rings is 2. The smallest absolute Gasteiger partial charge is 0.254 e. The molecule has 3 saturated heterocycles. The quantitative estimate of drug-likeness (QED) is 0.651. The first-order valence-electron chi connectivity index (χ1n) is 10.2. The minimum atomic E-state index is -0.116. The van der Waals surface area contributed by atoms with Crippen LogP contribution in [0.3, 0.4) is 0 Å². The molecule has 3 aliphatic heterocycles. The molecule has 0 radical (unpaired) electrons. The molecule has 0 unspecified atom stereocenters. The van der Waals surface area contributed by atoms with E-state index in [4.69, 9.17) is 0 Å². The molecule has 1 N–H and O–H groups in total. The lowest BCUT2D eigenvalue weighted by atomic mass is 9.96. The second-order valence-electron chi connectivity index (χ2n) is 8.12. The summed E-state index contributed by atoms with van der Waals surface area (Å²) in [4.78, 5) is 40.9. The first-order valence-corrected chi connectivity index (χ1v) is 11.1. The topological polar surface area (TPSA) is 66.5 Å². The van der Waals surface area contributed by atoms with Crippen LogP contribution in [-0.2, 0) is 4.79 Å². The highest BCUT2D eigenvalue weighted by Crippen LogP contribution is 2.35. The number of carbonyl (C=O) groups is 3. The molecular weight excluding hydrogens is 396 g/mol. The van der Waals surface area contributed by atoms with Gasteiger partial charge in [-0.25, -0.2) is 0 Å². The number of hydrogen-bond acceptors (Lipinski definition) is 4. The summed E-state index contributed by atoms with van der Waals surface area (Å²) in [5.41, 5.74) is 1.68. The molecule has 2 amide bonds. The fourth-order valence-corrected chi connectivity index (χ4v) is 5.50. The summed E-state index contributed by atoms with van der Waals surface area (Å²) in [6, 6.07) is 15.6. The zero-order valence-corrected chi connectivity index (χ0v) is 17.5. The van der Waals surface area contributed by atoms with Crippen LogP contribution in [-0.4, -0.2) is 41.6 Å². The number of nitrogens with one attached hydrogen (secondary N) is 1. The predicted octanol–water partition coefficient (Wildman–Crippen LogP) is 4.12. The van der Waals surface area contributed by atoms with Crippen molar-refractivity contribution in [2.45, 2.75) is 25.8 Å². The van der Waals surface area contributed by atoms with Gasteiger partial charge in [0, 0.05) is 29.6 Å². The Balaban J connectivity index is 1.55. The zero-order valence-electron chi connectivity index (χ0n) is 16.7. The Morgan fingerprint density at radius 2 is 1.80 bits per heavy atom. The third-order valence-corrected chi connectivity index (χ3v) is 7.34. The number of rotatable bonds is 3. The van der Waals surface area contributed by atoms with Crippen molar-refractivity contribution >= 4 is 39.7 Å². The molecule has 3 fully saturated rings. The van der Waals surface area contributed by atoms with E-state index in [1.54, 1.807) is 6.92 Å². The minimum Gasteiger partial charge on any atom is -0.351 e. The number of fused-ring (bicyclic) bond motifs is 5. The van der Waals surface area contributed by atoms with Crippen LogP contribution in [0, 0.1) is 5.92 Å². The maximum Gasteiger partial charge on any atom is 0.254 e. The van der Waals surface area contributed by atoms with E-state index in [-0.39, 0.29) is 29.6 Å². The Morgan fingerprint density at radius 3 is 2.57 bits per heavy atom. The maximum absolute atomic E-state index is 13.5. The third-order valence-electron chi connectivity index (χ3n) is 6.12. The van der Waals surface area contributed by atoms with Gasteiger partial charge in [0.2, 0.25) is 5.91 Å². The first-order chi connectivity index (χ1) is 14.5. The summed E-state index contributed by atoms with van der Waals surface area (Å²) in [5.74, 6) is -0.0156. The van der Waals surface area contributed by atoms with Crippen LogP contribution >= 0.6 is 11.3 Å². The van der Waals surface area contributed by atoms with Gasteiger partial charge in [-0.2, -0.15) is 0 Å². The van der Waals surface area contributed by atoms with Crippen molar-refractivity contribution in [3.63, 3.8) is 0 Å².